The molecule has 10 heteroatoms. The summed E-state index contributed by atoms with van der Waals surface area (Å²) >= 11 is 0. The minimum Gasteiger partial charge on any atom is -0.462 e. The smallest absolute Gasteiger partial charge is 0.462 e. The number of phosphoric ester groups is 1. The van der Waals surface area contributed by atoms with Gasteiger partial charge in [-0.05, 0) is 83.5 Å². The molecule has 342 valence electrons. The Bertz CT molecular complexity index is 1340. The van der Waals surface area contributed by atoms with Crippen LogP contribution < -0.4 is 0 Å². The summed E-state index contributed by atoms with van der Waals surface area (Å²) in [6.07, 6.45) is 54.8. The standard InChI is InChI=1S/C50H84NO8P/c1-6-8-10-12-14-16-18-20-21-22-23-24-25-26-27-28-29-31-32-34-36-38-40-42-49(52)56-46-48(47-58-60(54,55)57-45-44-51(3,4)5)59-50(53)43-41-39-37-35-33-30-19-17-15-13-11-9-7-2/h8,10,14,16,20-21,23-24,26-27,29-31,33,37,39,48H,6-7,9,11-13,15,17-19,22,25,28,32,34-36,38,40-47H2,1-5H3/p+1/b10-8+,16-14+,21-20+,24-23+,27-26+,31-29+,33-30+,39-37+. The molecule has 0 amide bonds. The van der Waals surface area contributed by atoms with Crippen molar-refractivity contribution in [3.8, 4) is 0 Å². The number of carbonyl (C=O) groups is 2. The summed E-state index contributed by atoms with van der Waals surface area (Å²) in [5, 5.41) is 0. The second-order valence-corrected chi connectivity index (χ2v) is 17.5. The predicted molar refractivity (Wildman–Crippen MR) is 252 cm³/mol. The van der Waals surface area contributed by atoms with E-state index in [0.29, 0.717) is 23.9 Å². The number of carbonyl (C=O) groups excluding carboxylic acids is 2. The normalized spacial score (nSPS) is 14.4. The van der Waals surface area contributed by atoms with Gasteiger partial charge in [0.15, 0.2) is 6.10 Å². The number of phosphoric acid groups is 1. The van der Waals surface area contributed by atoms with Gasteiger partial charge in [-0.3, -0.25) is 18.6 Å². The largest absolute Gasteiger partial charge is 0.472 e. The van der Waals surface area contributed by atoms with E-state index in [1.807, 2.05) is 33.3 Å². The Morgan fingerprint density at radius 1 is 0.533 bits per heavy atom. The van der Waals surface area contributed by atoms with Crippen molar-refractivity contribution < 1.29 is 42.1 Å². The van der Waals surface area contributed by atoms with E-state index in [1.165, 1.54) is 38.5 Å². The molecule has 0 saturated heterocycles. The van der Waals surface area contributed by atoms with Crippen molar-refractivity contribution in [2.45, 2.75) is 161 Å². The van der Waals surface area contributed by atoms with E-state index in [1.54, 1.807) is 0 Å². The SMILES string of the molecule is CC/C=C/C/C=C/C/C=C/C/C=C/C/C=C/C/C=C/CCCCCCC(=O)OCC(COP(=O)(O)OCC[N+](C)(C)C)OC(=O)CC/C=C/C/C=C/CCCCCCCC. The molecule has 0 aromatic rings. The van der Waals surface area contributed by atoms with E-state index in [4.69, 9.17) is 18.5 Å². The van der Waals surface area contributed by atoms with Gasteiger partial charge in [0, 0.05) is 12.8 Å². The monoisotopic (exact) mass is 859 g/mol. The lowest BCUT2D eigenvalue weighted by molar-refractivity contribution is -0.870. The van der Waals surface area contributed by atoms with Gasteiger partial charge >= 0.3 is 19.8 Å². The lowest BCUT2D eigenvalue weighted by Gasteiger charge is -2.24. The van der Waals surface area contributed by atoms with Crippen LogP contribution in [0.4, 0.5) is 0 Å². The summed E-state index contributed by atoms with van der Waals surface area (Å²) in [6.45, 7) is 4.17. The van der Waals surface area contributed by atoms with E-state index in [-0.39, 0.29) is 26.1 Å². The summed E-state index contributed by atoms with van der Waals surface area (Å²) in [5.41, 5.74) is 0. The van der Waals surface area contributed by atoms with Crippen LogP contribution in [0, 0.1) is 0 Å². The number of allylic oxidation sites excluding steroid dienone is 16. The van der Waals surface area contributed by atoms with E-state index in [9.17, 15) is 19.0 Å². The van der Waals surface area contributed by atoms with Crippen LogP contribution in [0.2, 0.25) is 0 Å². The number of hydrogen-bond donors (Lipinski definition) is 1. The van der Waals surface area contributed by atoms with E-state index < -0.39 is 32.5 Å². The number of esters is 2. The molecule has 0 aliphatic rings. The van der Waals surface area contributed by atoms with Gasteiger partial charge in [0.05, 0.1) is 27.7 Å². The van der Waals surface area contributed by atoms with Crippen molar-refractivity contribution in [3.63, 3.8) is 0 Å². The Balaban J connectivity index is 4.42. The molecule has 60 heavy (non-hydrogen) atoms. The van der Waals surface area contributed by atoms with Crippen LogP contribution in [0.25, 0.3) is 0 Å². The topological polar surface area (TPSA) is 108 Å². The van der Waals surface area contributed by atoms with Gasteiger partial charge in [0.25, 0.3) is 0 Å². The summed E-state index contributed by atoms with van der Waals surface area (Å²) in [4.78, 5) is 35.3. The molecule has 0 aliphatic carbocycles. The lowest BCUT2D eigenvalue weighted by atomic mass is 10.1. The molecule has 0 aromatic heterocycles. The molecule has 0 saturated carbocycles. The molecular weight excluding hydrogens is 774 g/mol. The highest BCUT2D eigenvalue weighted by atomic mass is 31.2. The van der Waals surface area contributed by atoms with Crippen molar-refractivity contribution in [2.75, 3.05) is 47.5 Å². The number of ether oxygens (including phenoxy) is 2. The Kier molecular flexibility index (Phi) is 39.2. The molecule has 0 radical (unpaired) electrons. The van der Waals surface area contributed by atoms with E-state index in [2.05, 4.69) is 98.9 Å². The molecule has 0 spiro atoms. The quantitative estimate of drug-likeness (QED) is 0.0213. The Labute approximate surface area is 366 Å². The molecule has 9 nitrogen and oxygen atoms in total. The zero-order valence-electron chi connectivity index (χ0n) is 38.4. The van der Waals surface area contributed by atoms with Crippen molar-refractivity contribution >= 4 is 19.8 Å². The molecule has 0 rings (SSSR count). The van der Waals surface area contributed by atoms with Crippen LogP contribution in [-0.2, 0) is 32.7 Å². The number of nitrogens with zero attached hydrogens (tertiary/aromatic N) is 1. The third-order valence-electron chi connectivity index (χ3n) is 9.11. The molecule has 0 bridgehead atoms. The maximum atomic E-state index is 12.6. The first-order valence-electron chi connectivity index (χ1n) is 23.0. The third kappa shape index (κ3) is 44.5. The first-order chi connectivity index (χ1) is 29.0. The first kappa shape index (κ1) is 56.9. The number of quaternary nitrogens is 1. The molecule has 0 heterocycles. The van der Waals surface area contributed by atoms with Crippen LogP contribution in [-0.4, -0.2) is 74.9 Å². The van der Waals surface area contributed by atoms with Crippen molar-refractivity contribution in [2.24, 2.45) is 0 Å². The second-order valence-electron chi connectivity index (χ2n) is 16.0. The van der Waals surface area contributed by atoms with Crippen molar-refractivity contribution in [1.82, 2.24) is 0 Å². The molecule has 0 aliphatic heterocycles. The lowest BCUT2D eigenvalue weighted by Crippen LogP contribution is -2.37. The summed E-state index contributed by atoms with van der Waals surface area (Å²) in [5.74, 6) is -0.916. The van der Waals surface area contributed by atoms with Crippen LogP contribution in [0.1, 0.15) is 155 Å². The Morgan fingerprint density at radius 2 is 0.983 bits per heavy atom. The third-order valence-corrected chi connectivity index (χ3v) is 10.1. The molecule has 2 unspecified atom stereocenters. The molecular formula is C50H85NO8P+. The maximum absolute atomic E-state index is 12.6. The number of hydrogen-bond acceptors (Lipinski definition) is 7. The Hall–Kier alpha value is -3.07. The highest BCUT2D eigenvalue weighted by Gasteiger charge is 2.27. The fourth-order valence-corrected chi connectivity index (χ4v) is 6.28. The fraction of sp³-hybridized carbons (Fsp3) is 0.640. The Morgan fingerprint density at radius 3 is 1.48 bits per heavy atom. The average Bonchev–Trinajstić information content (AvgIpc) is 3.20. The molecule has 0 aromatic carbocycles. The van der Waals surface area contributed by atoms with Gasteiger partial charge in [-0.25, -0.2) is 4.57 Å². The van der Waals surface area contributed by atoms with Crippen molar-refractivity contribution in [3.05, 3.63) is 97.2 Å². The maximum Gasteiger partial charge on any atom is 0.472 e. The van der Waals surface area contributed by atoms with E-state index >= 15 is 0 Å². The number of likely N-dealkylation sites (N-methyl/N-ethyl adjacent to an activating group) is 1. The van der Waals surface area contributed by atoms with Crippen LogP contribution >= 0.6 is 7.82 Å². The fourth-order valence-electron chi connectivity index (χ4n) is 5.54. The minimum absolute atomic E-state index is 0.0126. The van der Waals surface area contributed by atoms with Crippen LogP contribution in [0.15, 0.2) is 97.2 Å². The van der Waals surface area contributed by atoms with Gasteiger partial charge in [-0.1, -0.05) is 156 Å². The minimum atomic E-state index is -4.40. The highest BCUT2D eigenvalue weighted by Crippen LogP contribution is 2.43. The molecule has 2 atom stereocenters. The second kappa shape index (κ2) is 41.3. The highest BCUT2D eigenvalue weighted by molar-refractivity contribution is 7.47. The zero-order valence-corrected chi connectivity index (χ0v) is 39.3. The van der Waals surface area contributed by atoms with Gasteiger partial charge in [-0.15, -0.1) is 0 Å². The first-order valence-corrected chi connectivity index (χ1v) is 24.5. The van der Waals surface area contributed by atoms with Crippen molar-refractivity contribution in [1.29, 1.82) is 0 Å². The average molecular weight is 859 g/mol. The van der Waals surface area contributed by atoms with Crippen LogP contribution in [0.3, 0.4) is 0 Å². The zero-order chi connectivity index (χ0) is 44.3. The summed E-state index contributed by atoms with van der Waals surface area (Å²) < 4.78 is 34.2. The number of unbranched alkanes of at least 4 members (excludes halogenated alkanes) is 10. The van der Waals surface area contributed by atoms with Gasteiger partial charge in [0.1, 0.15) is 19.8 Å². The summed E-state index contributed by atoms with van der Waals surface area (Å²) in [6, 6.07) is 0. The number of rotatable bonds is 40. The van der Waals surface area contributed by atoms with Gasteiger partial charge in [0.2, 0.25) is 0 Å². The van der Waals surface area contributed by atoms with Crippen LogP contribution in [0.5, 0.6) is 0 Å². The van der Waals surface area contributed by atoms with Gasteiger partial charge < -0.3 is 18.9 Å². The van der Waals surface area contributed by atoms with Gasteiger partial charge in [-0.2, -0.15) is 0 Å². The predicted octanol–water partition coefficient (Wildman–Crippen LogP) is 13.4. The summed E-state index contributed by atoms with van der Waals surface area (Å²) in [7, 11) is 1.41. The molecule has 0 fully saturated rings. The molecule has 1 N–H and O–H groups in total. The van der Waals surface area contributed by atoms with E-state index in [0.717, 1.165) is 77.0 Å².